The topological polar surface area (TPSA) is 30.5 Å². The molecular weight excluding hydrogens is 342 g/mol. The van der Waals surface area contributed by atoms with Crippen molar-refractivity contribution in [2.45, 2.75) is 13.0 Å². The van der Waals surface area contributed by atoms with Crippen molar-refractivity contribution in [3.05, 3.63) is 51.5 Å². The molecule has 0 saturated carbocycles. The lowest BCUT2D eigenvalue weighted by molar-refractivity contribution is 0.174. The largest absolute Gasteiger partial charge is 0.454 e. The first-order chi connectivity index (χ1) is 9.65. The van der Waals surface area contributed by atoms with Gasteiger partial charge in [0.2, 0.25) is 6.79 Å². The van der Waals surface area contributed by atoms with Gasteiger partial charge in [0.05, 0.1) is 15.2 Å². The van der Waals surface area contributed by atoms with Gasteiger partial charge in [-0.2, -0.15) is 0 Å². The van der Waals surface area contributed by atoms with E-state index in [1.807, 2.05) is 36.4 Å². The molecule has 0 amide bonds. The van der Waals surface area contributed by atoms with Crippen LogP contribution in [0.5, 0.6) is 11.5 Å². The highest BCUT2D eigenvalue weighted by Gasteiger charge is 2.16. The standard InChI is InChI=1S/C15H13BrClNO2/c1-9(18-12-4-2-3-11(17)15(12)16)10-5-6-13-14(7-10)20-8-19-13/h2-7,9,18H,8H2,1H3. The Hall–Kier alpha value is -1.39. The molecule has 0 saturated heterocycles. The molecule has 104 valence electrons. The predicted octanol–water partition coefficient (Wildman–Crippen LogP) is 5.00. The first-order valence-corrected chi connectivity index (χ1v) is 7.42. The van der Waals surface area contributed by atoms with Gasteiger partial charge in [-0.25, -0.2) is 0 Å². The third-order valence-electron chi connectivity index (χ3n) is 3.22. The molecule has 1 unspecified atom stereocenters. The van der Waals surface area contributed by atoms with Crippen molar-refractivity contribution in [2.75, 3.05) is 12.1 Å². The minimum absolute atomic E-state index is 0.124. The van der Waals surface area contributed by atoms with Gasteiger partial charge < -0.3 is 14.8 Å². The van der Waals surface area contributed by atoms with Gasteiger partial charge in [-0.1, -0.05) is 23.7 Å². The van der Waals surface area contributed by atoms with Gasteiger partial charge in [0, 0.05) is 6.04 Å². The molecule has 1 N–H and O–H groups in total. The number of halogens is 2. The van der Waals surface area contributed by atoms with E-state index in [-0.39, 0.29) is 6.04 Å². The van der Waals surface area contributed by atoms with Crippen LogP contribution in [-0.2, 0) is 0 Å². The summed E-state index contributed by atoms with van der Waals surface area (Å²) in [6, 6.07) is 11.8. The lowest BCUT2D eigenvalue weighted by Crippen LogP contribution is -2.07. The molecule has 1 heterocycles. The van der Waals surface area contributed by atoms with Gasteiger partial charge in [-0.3, -0.25) is 0 Å². The third-order valence-corrected chi connectivity index (χ3v) is 4.62. The molecule has 0 spiro atoms. The van der Waals surface area contributed by atoms with Crippen LogP contribution in [0.4, 0.5) is 5.69 Å². The summed E-state index contributed by atoms with van der Waals surface area (Å²) in [5.41, 5.74) is 2.09. The summed E-state index contributed by atoms with van der Waals surface area (Å²) >= 11 is 9.59. The van der Waals surface area contributed by atoms with Crippen LogP contribution in [0.1, 0.15) is 18.5 Å². The molecule has 0 bridgehead atoms. The number of hydrogen-bond acceptors (Lipinski definition) is 3. The van der Waals surface area contributed by atoms with Gasteiger partial charge >= 0.3 is 0 Å². The van der Waals surface area contributed by atoms with Crippen LogP contribution in [0.2, 0.25) is 5.02 Å². The highest BCUT2D eigenvalue weighted by molar-refractivity contribution is 9.10. The van der Waals surface area contributed by atoms with Gasteiger partial charge in [-0.15, -0.1) is 0 Å². The quantitative estimate of drug-likeness (QED) is 0.841. The number of benzene rings is 2. The highest BCUT2D eigenvalue weighted by Crippen LogP contribution is 2.36. The summed E-state index contributed by atoms with van der Waals surface area (Å²) in [7, 11) is 0. The molecule has 5 heteroatoms. The van der Waals surface area contributed by atoms with Crippen molar-refractivity contribution in [2.24, 2.45) is 0 Å². The molecule has 2 aromatic carbocycles. The van der Waals surface area contributed by atoms with E-state index in [0.717, 1.165) is 27.2 Å². The molecule has 3 nitrogen and oxygen atoms in total. The highest BCUT2D eigenvalue weighted by atomic mass is 79.9. The average molecular weight is 355 g/mol. The average Bonchev–Trinajstić information content (AvgIpc) is 2.91. The Labute approximate surface area is 131 Å². The zero-order chi connectivity index (χ0) is 14.1. The van der Waals surface area contributed by atoms with Crippen molar-refractivity contribution in [1.29, 1.82) is 0 Å². The molecule has 1 aliphatic heterocycles. The third kappa shape index (κ3) is 2.58. The van der Waals surface area contributed by atoms with E-state index >= 15 is 0 Å². The van der Waals surface area contributed by atoms with E-state index in [0.29, 0.717) is 11.8 Å². The molecule has 20 heavy (non-hydrogen) atoms. The molecule has 1 atom stereocenters. The lowest BCUT2D eigenvalue weighted by Gasteiger charge is -2.17. The summed E-state index contributed by atoms with van der Waals surface area (Å²) in [5.74, 6) is 1.59. The Morgan fingerprint density at radius 2 is 2.00 bits per heavy atom. The van der Waals surface area contributed by atoms with Gasteiger partial charge in [-0.05, 0) is 52.7 Å². The molecular formula is C15H13BrClNO2. The summed E-state index contributed by atoms with van der Waals surface area (Å²) in [6.45, 7) is 2.38. The maximum atomic E-state index is 6.10. The summed E-state index contributed by atoms with van der Waals surface area (Å²) < 4.78 is 11.6. The van der Waals surface area contributed by atoms with Gasteiger partial charge in [0.15, 0.2) is 11.5 Å². The number of nitrogens with one attached hydrogen (secondary N) is 1. The molecule has 0 radical (unpaired) electrons. The second kappa shape index (κ2) is 5.54. The van der Waals surface area contributed by atoms with Gasteiger partial charge in [0.25, 0.3) is 0 Å². The van der Waals surface area contributed by atoms with E-state index in [4.69, 9.17) is 21.1 Å². The Morgan fingerprint density at radius 1 is 1.20 bits per heavy atom. The van der Waals surface area contributed by atoms with Crippen LogP contribution < -0.4 is 14.8 Å². The van der Waals surface area contributed by atoms with Crippen LogP contribution in [0.25, 0.3) is 0 Å². The van der Waals surface area contributed by atoms with Crippen LogP contribution in [0.3, 0.4) is 0 Å². The maximum Gasteiger partial charge on any atom is 0.231 e. The predicted molar refractivity (Wildman–Crippen MR) is 83.8 cm³/mol. The first-order valence-electron chi connectivity index (χ1n) is 6.25. The second-order valence-electron chi connectivity index (χ2n) is 4.58. The monoisotopic (exact) mass is 353 g/mol. The van der Waals surface area contributed by atoms with Crippen LogP contribution in [0.15, 0.2) is 40.9 Å². The normalized spacial score (nSPS) is 14.2. The molecule has 2 aromatic rings. The second-order valence-corrected chi connectivity index (χ2v) is 5.78. The zero-order valence-electron chi connectivity index (χ0n) is 10.8. The molecule has 0 fully saturated rings. The number of anilines is 1. The van der Waals surface area contributed by atoms with Crippen molar-refractivity contribution in [3.63, 3.8) is 0 Å². The number of fused-ring (bicyclic) bond motifs is 1. The SMILES string of the molecule is CC(Nc1cccc(Cl)c1Br)c1ccc2c(c1)OCO2. The van der Waals surface area contributed by atoms with Gasteiger partial charge in [0.1, 0.15) is 0 Å². The fourth-order valence-electron chi connectivity index (χ4n) is 2.11. The van der Waals surface area contributed by atoms with Crippen molar-refractivity contribution in [3.8, 4) is 11.5 Å². The van der Waals surface area contributed by atoms with Crippen LogP contribution in [0, 0.1) is 0 Å². The zero-order valence-corrected chi connectivity index (χ0v) is 13.2. The smallest absolute Gasteiger partial charge is 0.231 e. The minimum atomic E-state index is 0.124. The van der Waals surface area contributed by atoms with E-state index in [2.05, 4.69) is 28.2 Å². The Morgan fingerprint density at radius 3 is 2.85 bits per heavy atom. The molecule has 1 aliphatic rings. The van der Waals surface area contributed by atoms with E-state index < -0.39 is 0 Å². The Balaban J connectivity index is 1.82. The number of rotatable bonds is 3. The fraction of sp³-hybridized carbons (Fsp3) is 0.200. The number of hydrogen-bond donors (Lipinski definition) is 1. The lowest BCUT2D eigenvalue weighted by atomic mass is 10.1. The van der Waals surface area contributed by atoms with Crippen molar-refractivity contribution >= 4 is 33.2 Å². The van der Waals surface area contributed by atoms with E-state index in [1.54, 1.807) is 0 Å². The molecule has 3 rings (SSSR count). The fourth-order valence-corrected chi connectivity index (χ4v) is 2.67. The number of ether oxygens (including phenoxy) is 2. The van der Waals surface area contributed by atoms with Crippen molar-refractivity contribution < 1.29 is 9.47 Å². The van der Waals surface area contributed by atoms with Crippen LogP contribution in [-0.4, -0.2) is 6.79 Å². The Bertz CT molecular complexity index is 648. The van der Waals surface area contributed by atoms with E-state index in [9.17, 15) is 0 Å². The van der Waals surface area contributed by atoms with Crippen molar-refractivity contribution in [1.82, 2.24) is 0 Å². The summed E-state index contributed by atoms with van der Waals surface area (Å²) in [4.78, 5) is 0. The summed E-state index contributed by atoms with van der Waals surface area (Å²) in [5, 5.41) is 4.12. The Kier molecular flexibility index (Phi) is 3.76. The maximum absolute atomic E-state index is 6.10. The summed E-state index contributed by atoms with van der Waals surface area (Å²) in [6.07, 6.45) is 0. The molecule has 0 aromatic heterocycles. The molecule has 0 aliphatic carbocycles. The minimum Gasteiger partial charge on any atom is -0.454 e. The van der Waals surface area contributed by atoms with E-state index in [1.165, 1.54) is 0 Å². The first kappa shape index (κ1) is 13.6. The van der Waals surface area contributed by atoms with Crippen LogP contribution >= 0.6 is 27.5 Å².